The first-order valence-electron chi connectivity index (χ1n) is 9.70. The Labute approximate surface area is 173 Å². The number of aromatic amines is 1. The second-order valence-corrected chi connectivity index (χ2v) is 8.06. The van der Waals surface area contributed by atoms with Crippen molar-refractivity contribution in [3.63, 3.8) is 0 Å². The molecule has 0 amide bonds. The minimum atomic E-state index is -0.118. The number of fused-ring (bicyclic) bond motifs is 1. The van der Waals surface area contributed by atoms with Gasteiger partial charge in [0.05, 0.1) is 22.3 Å². The van der Waals surface area contributed by atoms with Gasteiger partial charge in [0.25, 0.3) is 5.56 Å². The van der Waals surface area contributed by atoms with E-state index in [0.29, 0.717) is 45.1 Å². The van der Waals surface area contributed by atoms with Crippen molar-refractivity contribution in [2.75, 3.05) is 5.75 Å². The highest BCUT2D eigenvalue weighted by molar-refractivity contribution is 7.99. The van der Waals surface area contributed by atoms with Crippen molar-refractivity contribution in [3.8, 4) is 0 Å². The number of rotatable bonds is 8. The number of carbonyl (C=O) groups is 2. The highest BCUT2D eigenvalue weighted by Crippen LogP contribution is 2.23. The summed E-state index contributed by atoms with van der Waals surface area (Å²) in [6.07, 6.45) is 1.81. The minimum absolute atomic E-state index is 0.0625. The Bertz CT molecular complexity index is 1140. The number of nitrogens with one attached hydrogen (secondary N) is 1. The molecule has 0 saturated heterocycles. The van der Waals surface area contributed by atoms with Gasteiger partial charge >= 0.3 is 0 Å². The molecule has 0 radical (unpaired) electrons. The molecule has 0 atom stereocenters. The van der Waals surface area contributed by atoms with Gasteiger partial charge in [-0.2, -0.15) is 0 Å². The lowest BCUT2D eigenvalue weighted by atomic mass is 10.1. The van der Waals surface area contributed by atoms with Gasteiger partial charge in [-0.25, -0.2) is 4.98 Å². The summed E-state index contributed by atoms with van der Waals surface area (Å²) in [4.78, 5) is 45.3. The van der Waals surface area contributed by atoms with Crippen LogP contribution < -0.4 is 5.56 Å². The molecule has 0 fully saturated rings. The maximum absolute atomic E-state index is 12.9. The molecule has 0 unspecified atom stereocenters. The zero-order valence-corrected chi connectivity index (χ0v) is 18.0. The van der Waals surface area contributed by atoms with Crippen LogP contribution in [0.1, 0.15) is 58.8 Å². The van der Waals surface area contributed by atoms with Gasteiger partial charge in [0.1, 0.15) is 0 Å². The Morgan fingerprint density at radius 3 is 2.59 bits per heavy atom. The van der Waals surface area contributed by atoms with Crippen LogP contribution in [0.2, 0.25) is 0 Å². The SMILES string of the molecule is CCCCn1c(SCC(=O)c2[nH]c(C)c(C(C)=O)c2C)nc2ccccc2c1=O. The fraction of sp³-hybridized carbons (Fsp3) is 0.364. The highest BCUT2D eigenvalue weighted by atomic mass is 32.2. The second kappa shape index (κ2) is 8.78. The fourth-order valence-corrected chi connectivity index (χ4v) is 4.43. The van der Waals surface area contributed by atoms with Crippen molar-refractivity contribution < 1.29 is 9.59 Å². The lowest BCUT2D eigenvalue weighted by molar-refractivity contribution is 0.101. The van der Waals surface area contributed by atoms with Crippen LogP contribution in [0.4, 0.5) is 0 Å². The van der Waals surface area contributed by atoms with E-state index in [1.165, 1.54) is 18.7 Å². The number of hydrogen-bond donors (Lipinski definition) is 1. The van der Waals surface area contributed by atoms with E-state index in [-0.39, 0.29) is 22.9 Å². The highest BCUT2D eigenvalue weighted by Gasteiger charge is 2.21. The Hall–Kier alpha value is -2.67. The van der Waals surface area contributed by atoms with Gasteiger partial charge in [-0.05, 0) is 44.9 Å². The summed E-state index contributed by atoms with van der Waals surface area (Å²) in [7, 11) is 0. The number of thioether (sulfide) groups is 1. The van der Waals surface area contributed by atoms with Crippen molar-refractivity contribution >= 4 is 34.2 Å². The molecule has 0 aliphatic rings. The van der Waals surface area contributed by atoms with Crippen molar-refractivity contribution in [1.82, 2.24) is 14.5 Å². The average Bonchev–Trinajstić information content (AvgIpc) is 3.00. The first kappa shape index (κ1) is 21.0. The minimum Gasteiger partial charge on any atom is -0.355 e. The lowest BCUT2D eigenvalue weighted by Crippen LogP contribution is -2.24. The van der Waals surface area contributed by atoms with Crippen molar-refractivity contribution in [3.05, 3.63) is 57.1 Å². The monoisotopic (exact) mass is 411 g/mol. The maximum Gasteiger partial charge on any atom is 0.262 e. The van der Waals surface area contributed by atoms with E-state index in [4.69, 9.17) is 0 Å². The zero-order valence-electron chi connectivity index (χ0n) is 17.2. The number of aryl methyl sites for hydroxylation is 1. The van der Waals surface area contributed by atoms with E-state index in [9.17, 15) is 14.4 Å². The molecule has 29 heavy (non-hydrogen) atoms. The number of aromatic nitrogens is 3. The number of Topliss-reactive ketones (excluding diaryl/α,β-unsaturated/α-hetero) is 2. The molecule has 2 aromatic heterocycles. The number of ketones is 2. The van der Waals surface area contributed by atoms with Crippen LogP contribution in [0.3, 0.4) is 0 Å². The van der Waals surface area contributed by atoms with E-state index in [0.717, 1.165) is 12.8 Å². The average molecular weight is 412 g/mol. The van der Waals surface area contributed by atoms with Crippen LogP contribution in [0, 0.1) is 13.8 Å². The van der Waals surface area contributed by atoms with Crippen molar-refractivity contribution in [1.29, 1.82) is 0 Å². The summed E-state index contributed by atoms with van der Waals surface area (Å²) >= 11 is 1.26. The molecule has 3 rings (SSSR count). The number of unbranched alkanes of at least 4 members (excludes halogenated alkanes) is 1. The number of H-pyrrole nitrogens is 1. The standard InChI is InChI=1S/C22H25N3O3S/c1-5-6-11-25-21(28)16-9-7-8-10-17(16)24-22(25)29-12-18(27)20-13(2)19(15(4)26)14(3)23-20/h7-10,23H,5-6,11-12H2,1-4H3. The molecule has 152 valence electrons. The number of carbonyl (C=O) groups excluding carboxylic acids is 2. The van der Waals surface area contributed by atoms with E-state index in [2.05, 4.69) is 16.9 Å². The summed E-state index contributed by atoms with van der Waals surface area (Å²) in [6.45, 7) is 7.71. The van der Waals surface area contributed by atoms with Gasteiger partial charge in [-0.1, -0.05) is 37.2 Å². The predicted molar refractivity (Wildman–Crippen MR) is 116 cm³/mol. The molecule has 3 aromatic rings. The van der Waals surface area contributed by atoms with E-state index >= 15 is 0 Å². The molecular weight excluding hydrogens is 386 g/mol. The van der Waals surface area contributed by atoms with Crippen LogP contribution >= 0.6 is 11.8 Å². The summed E-state index contributed by atoms with van der Waals surface area (Å²) in [5, 5.41) is 1.13. The third-order valence-corrected chi connectivity index (χ3v) is 5.94. The van der Waals surface area contributed by atoms with E-state index in [1.54, 1.807) is 24.5 Å². The van der Waals surface area contributed by atoms with Crippen LogP contribution in [-0.2, 0) is 6.54 Å². The molecule has 0 saturated carbocycles. The summed E-state index contributed by atoms with van der Waals surface area (Å²) in [6, 6.07) is 7.26. The van der Waals surface area contributed by atoms with Crippen LogP contribution in [-0.4, -0.2) is 31.9 Å². The van der Waals surface area contributed by atoms with Gasteiger partial charge in [-0.3, -0.25) is 19.0 Å². The van der Waals surface area contributed by atoms with Crippen molar-refractivity contribution in [2.45, 2.75) is 52.2 Å². The third-order valence-electron chi connectivity index (χ3n) is 4.96. The number of nitrogens with zero attached hydrogens (tertiary/aromatic N) is 2. The van der Waals surface area contributed by atoms with Gasteiger partial charge in [-0.15, -0.1) is 0 Å². The van der Waals surface area contributed by atoms with Crippen LogP contribution in [0.25, 0.3) is 10.9 Å². The topological polar surface area (TPSA) is 84.8 Å². The quantitative estimate of drug-likeness (QED) is 0.339. The predicted octanol–water partition coefficient (Wildman–Crippen LogP) is 4.32. The van der Waals surface area contributed by atoms with Crippen LogP contribution in [0.5, 0.6) is 0 Å². The smallest absolute Gasteiger partial charge is 0.262 e. The van der Waals surface area contributed by atoms with E-state index < -0.39 is 0 Å². The molecule has 0 aliphatic carbocycles. The Balaban J connectivity index is 1.92. The number of hydrogen-bond acceptors (Lipinski definition) is 5. The number of benzene rings is 1. The Morgan fingerprint density at radius 2 is 1.93 bits per heavy atom. The molecule has 1 N–H and O–H groups in total. The molecule has 6 nitrogen and oxygen atoms in total. The van der Waals surface area contributed by atoms with Crippen LogP contribution in [0.15, 0.2) is 34.2 Å². The molecular formula is C22H25N3O3S. The first-order valence-corrected chi connectivity index (χ1v) is 10.7. The van der Waals surface area contributed by atoms with Gasteiger partial charge in [0, 0.05) is 17.8 Å². The Kier molecular flexibility index (Phi) is 6.37. The molecule has 1 aromatic carbocycles. The largest absolute Gasteiger partial charge is 0.355 e. The van der Waals surface area contributed by atoms with Gasteiger partial charge in [0.15, 0.2) is 16.7 Å². The first-order chi connectivity index (χ1) is 13.8. The molecule has 0 aliphatic heterocycles. The fourth-order valence-electron chi connectivity index (χ4n) is 3.53. The van der Waals surface area contributed by atoms with Crippen molar-refractivity contribution in [2.24, 2.45) is 0 Å². The van der Waals surface area contributed by atoms with E-state index in [1.807, 2.05) is 18.2 Å². The summed E-state index contributed by atoms with van der Waals surface area (Å²) < 4.78 is 1.66. The summed E-state index contributed by atoms with van der Waals surface area (Å²) in [5.41, 5.74) is 2.95. The zero-order chi connectivity index (χ0) is 21.1. The Morgan fingerprint density at radius 1 is 1.21 bits per heavy atom. The lowest BCUT2D eigenvalue weighted by Gasteiger charge is -2.12. The maximum atomic E-state index is 12.9. The molecule has 2 heterocycles. The third kappa shape index (κ3) is 4.19. The molecule has 7 heteroatoms. The number of para-hydroxylation sites is 1. The van der Waals surface area contributed by atoms with Gasteiger partial charge < -0.3 is 4.98 Å². The molecule has 0 bridgehead atoms. The van der Waals surface area contributed by atoms with Gasteiger partial charge in [0.2, 0.25) is 0 Å². The summed E-state index contributed by atoms with van der Waals surface area (Å²) in [5.74, 6) is -0.0465. The normalized spacial score (nSPS) is 11.2. The second-order valence-electron chi connectivity index (χ2n) is 7.11. The molecule has 0 spiro atoms.